The maximum absolute atomic E-state index is 5.90. The van der Waals surface area contributed by atoms with Crippen LogP contribution in [0, 0.1) is 0 Å². The Balaban J connectivity index is 2.42. The van der Waals surface area contributed by atoms with Crippen molar-refractivity contribution in [3.05, 3.63) is 40.1 Å². The minimum Gasteiger partial charge on any atom is -0.220 e. The zero-order valence-electron chi connectivity index (χ0n) is 8.36. The number of benzene rings is 1. The van der Waals surface area contributed by atoms with Crippen LogP contribution in [0.5, 0.6) is 0 Å². The van der Waals surface area contributed by atoms with Gasteiger partial charge < -0.3 is 0 Å². The van der Waals surface area contributed by atoms with Crippen molar-refractivity contribution in [2.75, 3.05) is 0 Å². The van der Waals surface area contributed by atoms with E-state index < -0.39 is 0 Å². The molecule has 0 fully saturated rings. The molecule has 1 aromatic carbocycles. The summed E-state index contributed by atoms with van der Waals surface area (Å²) in [6.45, 7) is 1.83. The average molecular weight is 277 g/mol. The fourth-order valence-corrected chi connectivity index (χ4v) is 1.87. The van der Waals surface area contributed by atoms with E-state index in [-0.39, 0.29) is 5.38 Å². The van der Waals surface area contributed by atoms with E-state index in [2.05, 4.69) is 10.3 Å². The largest absolute Gasteiger partial charge is 0.220 e. The molecule has 0 saturated heterocycles. The summed E-state index contributed by atoms with van der Waals surface area (Å²) in [4.78, 5) is 0. The molecule has 16 heavy (non-hydrogen) atoms. The SMILES string of the molecule is CC(Cl)c1cn(-c2cc(Cl)cc(Cl)c2)nn1. The summed E-state index contributed by atoms with van der Waals surface area (Å²) in [7, 11) is 0. The highest BCUT2D eigenvalue weighted by molar-refractivity contribution is 6.34. The van der Waals surface area contributed by atoms with E-state index in [4.69, 9.17) is 34.8 Å². The molecule has 1 heterocycles. The van der Waals surface area contributed by atoms with Crippen molar-refractivity contribution < 1.29 is 0 Å². The molecule has 1 unspecified atom stereocenters. The number of hydrogen-bond donors (Lipinski definition) is 0. The minimum absolute atomic E-state index is 0.177. The maximum Gasteiger partial charge on any atom is 0.101 e. The van der Waals surface area contributed by atoms with E-state index in [9.17, 15) is 0 Å². The third-order valence-electron chi connectivity index (χ3n) is 2.03. The Labute approximate surface area is 108 Å². The van der Waals surface area contributed by atoms with E-state index >= 15 is 0 Å². The molecule has 6 heteroatoms. The molecular formula is C10H8Cl3N3. The topological polar surface area (TPSA) is 30.7 Å². The molecule has 0 radical (unpaired) electrons. The quantitative estimate of drug-likeness (QED) is 0.780. The second-order valence-electron chi connectivity index (χ2n) is 3.33. The summed E-state index contributed by atoms with van der Waals surface area (Å²) in [6, 6.07) is 5.17. The van der Waals surface area contributed by atoms with Crippen molar-refractivity contribution in [3.8, 4) is 5.69 Å². The molecule has 0 spiro atoms. The van der Waals surface area contributed by atoms with Gasteiger partial charge in [-0.3, -0.25) is 0 Å². The molecule has 0 aliphatic rings. The third-order valence-corrected chi connectivity index (χ3v) is 2.69. The van der Waals surface area contributed by atoms with Crippen molar-refractivity contribution in [1.82, 2.24) is 15.0 Å². The standard InChI is InChI=1S/C10H8Cl3N3/c1-6(11)10-5-16(15-14-10)9-3-7(12)2-8(13)4-9/h2-6H,1H3. The van der Waals surface area contributed by atoms with E-state index in [1.165, 1.54) is 0 Å². The van der Waals surface area contributed by atoms with Gasteiger partial charge in [-0.2, -0.15) is 0 Å². The van der Waals surface area contributed by atoms with Crippen LogP contribution in [0.25, 0.3) is 5.69 Å². The van der Waals surface area contributed by atoms with Crippen LogP contribution in [0.1, 0.15) is 18.0 Å². The summed E-state index contributed by atoms with van der Waals surface area (Å²) in [5.74, 6) is 0. The van der Waals surface area contributed by atoms with Gasteiger partial charge in [-0.05, 0) is 25.1 Å². The molecule has 0 N–H and O–H groups in total. The lowest BCUT2D eigenvalue weighted by Gasteiger charge is -2.01. The highest BCUT2D eigenvalue weighted by Crippen LogP contribution is 2.22. The highest BCUT2D eigenvalue weighted by Gasteiger charge is 2.08. The Morgan fingerprint density at radius 2 is 1.81 bits per heavy atom. The molecule has 1 aromatic heterocycles. The first kappa shape index (κ1) is 11.7. The first-order valence-electron chi connectivity index (χ1n) is 4.59. The first-order chi connectivity index (χ1) is 7.56. The Kier molecular flexibility index (Phi) is 3.38. The van der Waals surface area contributed by atoms with Crippen LogP contribution in [0.3, 0.4) is 0 Å². The normalized spacial score (nSPS) is 12.8. The van der Waals surface area contributed by atoms with Gasteiger partial charge >= 0.3 is 0 Å². The summed E-state index contributed by atoms with van der Waals surface area (Å²) >= 11 is 17.7. The molecule has 84 valence electrons. The van der Waals surface area contributed by atoms with E-state index in [0.717, 1.165) is 5.69 Å². The molecule has 3 nitrogen and oxygen atoms in total. The van der Waals surface area contributed by atoms with Gasteiger partial charge in [-0.15, -0.1) is 16.7 Å². The lowest BCUT2D eigenvalue weighted by molar-refractivity contribution is 0.796. The van der Waals surface area contributed by atoms with Crippen LogP contribution in [-0.2, 0) is 0 Å². The molecule has 2 rings (SSSR count). The van der Waals surface area contributed by atoms with Crippen molar-refractivity contribution in [1.29, 1.82) is 0 Å². The van der Waals surface area contributed by atoms with Crippen LogP contribution in [0.15, 0.2) is 24.4 Å². The number of aromatic nitrogens is 3. The molecule has 0 aliphatic carbocycles. The number of rotatable bonds is 2. The number of halogens is 3. The van der Waals surface area contributed by atoms with Gasteiger partial charge in [-0.1, -0.05) is 28.4 Å². The number of hydrogen-bond acceptors (Lipinski definition) is 2. The second kappa shape index (κ2) is 4.62. The monoisotopic (exact) mass is 275 g/mol. The Morgan fingerprint density at radius 3 is 2.31 bits per heavy atom. The summed E-state index contributed by atoms with van der Waals surface area (Å²) in [5, 5.41) is 8.83. The van der Waals surface area contributed by atoms with Crippen LogP contribution >= 0.6 is 34.8 Å². The first-order valence-corrected chi connectivity index (χ1v) is 5.78. The number of alkyl halides is 1. The zero-order valence-corrected chi connectivity index (χ0v) is 10.6. The van der Waals surface area contributed by atoms with E-state index in [1.807, 2.05) is 6.92 Å². The molecule has 0 saturated carbocycles. The van der Waals surface area contributed by atoms with Gasteiger partial charge in [0, 0.05) is 10.0 Å². The Hall–Kier alpha value is -0.770. The Bertz CT molecular complexity index is 488. The van der Waals surface area contributed by atoms with Crippen molar-refractivity contribution in [2.24, 2.45) is 0 Å². The lowest BCUT2D eigenvalue weighted by Crippen LogP contribution is -1.94. The van der Waals surface area contributed by atoms with Crippen molar-refractivity contribution >= 4 is 34.8 Å². The summed E-state index contributed by atoms with van der Waals surface area (Å²) in [6.07, 6.45) is 1.75. The maximum atomic E-state index is 5.90. The smallest absolute Gasteiger partial charge is 0.101 e. The third kappa shape index (κ3) is 2.48. The Morgan fingerprint density at radius 1 is 1.19 bits per heavy atom. The highest BCUT2D eigenvalue weighted by atomic mass is 35.5. The van der Waals surface area contributed by atoms with Gasteiger partial charge in [0.25, 0.3) is 0 Å². The predicted octanol–water partition coefficient (Wildman–Crippen LogP) is 3.87. The molecule has 0 bridgehead atoms. The molecule has 2 aromatic rings. The van der Waals surface area contributed by atoms with Gasteiger partial charge in [0.1, 0.15) is 5.69 Å². The number of nitrogens with zero attached hydrogens (tertiary/aromatic N) is 3. The van der Waals surface area contributed by atoms with Gasteiger partial charge in [0.15, 0.2) is 0 Å². The second-order valence-corrected chi connectivity index (χ2v) is 4.86. The van der Waals surface area contributed by atoms with E-state index in [0.29, 0.717) is 15.7 Å². The fraction of sp³-hybridized carbons (Fsp3) is 0.200. The van der Waals surface area contributed by atoms with Crippen molar-refractivity contribution in [2.45, 2.75) is 12.3 Å². The van der Waals surface area contributed by atoms with Gasteiger partial charge in [0.05, 0.1) is 17.3 Å². The summed E-state index contributed by atoms with van der Waals surface area (Å²) in [5.41, 5.74) is 1.46. The van der Waals surface area contributed by atoms with Gasteiger partial charge in [-0.25, -0.2) is 4.68 Å². The molecule has 0 aliphatic heterocycles. The van der Waals surface area contributed by atoms with Crippen LogP contribution in [0.4, 0.5) is 0 Å². The lowest BCUT2D eigenvalue weighted by atomic mass is 10.3. The zero-order chi connectivity index (χ0) is 11.7. The minimum atomic E-state index is -0.177. The fourth-order valence-electron chi connectivity index (χ4n) is 1.26. The van der Waals surface area contributed by atoms with E-state index in [1.54, 1.807) is 29.1 Å². The predicted molar refractivity (Wildman–Crippen MR) is 65.6 cm³/mol. The average Bonchev–Trinajstić information content (AvgIpc) is 2.64. The van der Waals surface area contributed by atoms with Crippen LogP contribution in [0.2, 0.25) is 10.0 Å². The van der Waals surface area contributed by atoms with Crippen LogP contribution < -0.4 is 0 Å². The van der Waals surface area contributed by atoms with Crippen LogP contribution in [-0.4, -0.2) is 15.0 Å². The summed E-state index contributed by atoms with van der Waals surface area (Å²) < 4.78 is 1.59. The molecule has 1 atom stereocenters. The molecule has 0 amide bonds. The molecular weight excluding hydrogens is 268 g/mol. The van der Waals surface area contributed by atoms with Gasteiger partial charge in [0.2, 0.25) is 0 Å². The van der Waals surface area contributed by atoms with Crippen molar-refractivity contribution in [3.63, 3.8) is 0 Å².